The molecule has 5 heteroatoms. The van der Waals surface area contributed by atoms with Gasteiger partial charge in [0.25, 0.3) is 5.91 Å². The highest BCUT2D eigenvalue weighted by molar-refractivity contribution is 5.96. The van der Waals surface area contributed by atoms with E-state index < -0.39 is 0 Å². The van der Waals surface area contributed by atoms with Gasteiger partial charge >= 0.3 is 0 Å². The Morgan fingerprint density at radius 1 is 1.37 bits per heavy atom. The van der Waals surface area contributed by atoms with Crippen LogP contribution < -0.4 is 10.1 Å². The zero-order chi connectivity index (χ0) is 13.7. The van der Waals surface area contributed by atoms with Crippen LogP contribution in [0.25, 0.3) is 0 Å². The van der Waals surface area contributed by atoms with E-state index >= 15 is 0 Å². The van der Waals surface area contributed by atoms with Gasteiger partial charge in [-0.2, -0.15) is 0 Å². The maximum Gasteiger partial charge on any atom is 0.255 e. The Bertz CT molecular complexity index is 584. The molecule has 0 fully saturated rings. The van der Waals surface area contributed by atoms with Crippen molar-refractivity contribution in [2.45, 2.75) is 6.54 Å². The lowest BCUT2D eigenvalue weighted by atomic mass is 10.2. The number of hydrogen-bond donors (Lipinski definition) is 2. The predicted molar refractivity (Wildman–Crippen MR) is 70.1 cm³/mol. The molecule has 19 heavy (non-hydrogen) atoms. The number of nitrogens with zero attached hydrogens (tertiary/aromatic N) is 1. The molecule has 0 saturated carbocycles. The highest BCUT2D eigenvalue weighted by Crippen LogP contribution is 2.18. The van der Waals surface area contributed by atoms with Crippen molar-refractivity contribution < 1.29 is 14.6 Å². The summed E-state index contributed by atoms with van der Waals surface area (Å²) in [5.41, 5.74) is 1.07. The Morgan fingerprint density at radius 3 is 2.89 bits per heavy atom. The molecule has 1 aromatic carbocycles. The van der Waals surface area contributed by atoms with Crippen LogP contribution in [-0.4, -0.2) is 23.1 Å². The van der Waals surface area contributed by atoms with Crippen molar-refractivity contribution in [1.82, 2.24) is 10.3 Å². The minimum Gasteiger partial charge on any atom is -0.505 e. The lowest BCUT2D eigenvalue weighted by Gasteiger charge is -2.09. The Balaban J connectivity index is 2.07. The highest BCUT2D eigenvalue weighted by atomic mass is 16.5. The second kappa shape index (κ2) is 5.86. The van der Waals surface area contributed by atoms with Crippen molar-refractivity contribution in [3.8, 4) is 11.5 Å². The summed E-state index contributed by atoms with van der Waals surface area (Å²) in [6, 6.07) is 8.89. The number of nitrogens with one attached hydrogen (secondary N) is 1. The molecule has 98 valence electrons. The summed E-state index contributed by atoms with van der Waals surface area (Å²) >= 11 is 0. The van der Waals surface area contributed by atoms with Gasteiger partial charge in [0.1, 0.15) is 11.5 Å². The Morgan fingerprint density at radius 2 is 2.16 bits per heavy atom. The van der Waals surface area contributed by atoms with Gasteiger partial charge < -0.3 is 15.2 Å². The number of para-hydroxylation sites is 1. The van der Waals surface area contributed by atoms with Gasteiger partial charge in [-0.3, -0.25) is 9.78 Å². The van der Waals surface area contributed by atoms with Gasteiger partial charge in [-0.25, -0.2) is 0 Å². The fourth-order valence-electron chi connectivity index (χ4n) is 1.70. The van der Waals surface area contributed by atoms with Crippen molar-refractivity contribution >= 4 is 5.91 Å². The standard InChI is InChI=1S/C14H14N2O3/c1-19-13-5-3-2-4-10(13)8-16-14(18)11-6-7-15-9-12(11)17/h2-7,9,17H,8H2,1H3,(H,16,18). The first-order valence-corrected chi connectivity index (χ1v) is 5.75. The van der Waals surface area contributed by atoms with Crippen LogP contribution in [0.4, 0.5) is 0 Å². The van der Waals surface area contributed by atoms with Crippen LogP contribution in [0.3, 0.4) is 0 Å². The second-order valence-electron chi connectivity index (χ2n) is 3.89. The first kappa shape index (κ1) is 12.9. The Kier molecular flexibility index (Phi) is 3.97. The SMILES string of the molecule is COc1ccccc1CNC(=O)c1ccncc1O. The number of rotatable bonds is 4. The zero-order valence-corrected chi connectivity index (χ0v) is 10.5. The average molecular weight is 258 g/mol. The highest BCUT2D eigenvalue weighted by Gasteiger charge is 2.11. The predicted octanol–water partition coefficient (Wildman–Crippen LogP) is 1.73. The molecule has 2 N–H and O–H groups in total. The van der Waals surface area contributed by atoms with E-state index in [-0.39, 0.29) is 17.2 Å². The molecule has 0 bridgehead atoms. The summed E-state index contributed by atoms with van der Waals surface area (Å²) in [7, 11) is 1.58. The minimum absolute atomic E-state index is 0.139. The third-order valence-electron chi connectivity index (χ3n) is 2.68. The Labute approximate surface area is 110 Å². The molecule has 0 unspecified atom stereocenters. The molecule has 0 aliphatic heterocycles. The van der Waals surface area contributed by atoms with Crippen LogP contribution >= 0.6 is 0 Å². The topological polar surface area (TPSA) is 71.5 Å². The van der Waals surface area contributed by atoms with Gasteiger partial charge in [-0.1, -0.05) is 18.2 Å². The van der Waals surface area contributed by atoms with Crippen LogP contribution in [0.2, 0.25) is 0 Å². The zero-order valence-electron chi connectivity index (χ0n) is 10.5. The molecule has 0 atom stereocenters. The summed E-state index contributed by atoms with van der Waals surface area (Å²) in [4.78, 5) is 15.6. The van der Waals surface area contributed by atoms with Gasteiger partial charge in [0.2, 0.25) is 0 Å². The largest absolute Gasteiger partial charge is 0.505 e. The van der Waals surface area contributed by atoms with E-state index in [0.717, 1.165) is 5.56 Å². The van der Waals surface area contributed by atoms with Crippen LogP contribution in [0.15, 0.2) is 42.7 Å². The number of carbonyl (C=O) groups is 1. The maximum atomic E-state index is 11.9. The fraction of sp³-hybridized carbons (Fsp3) is 0.143. The molecule has 0 saturated heterocycles. The van der Waals surface area contributed by atoms with Crippen molar-refractivity contribution in [2.75, 3.05) is 7.11 Å². The van der Waals surface area contributed by atoms with Gasteiger partial charge in [-0.05, 0) is 12.1 Å². The molecular formula is C14H14N2O3. The molecule has 2 rings (SSSR count). The lowest BCUT2D eigenvalue weighted by Crippen LogP contribution is -2.23. The molecule has 0 spiro atoms. The van der Waals surface area contributed by atoms with Crippen LogP contribution in [0, 0.1) is 0 Å². The van der Waals surface area contributed by atoms with Crippen molar-refractivity contribution in [3.05, 3.63) is 53.9 Å². The molecule has 0 radical (unpaired) electrons. The van der Waals surface area contributed by atoms with Gasteiger partial charge in [0, 0.05) is 18.3 Å². The molecule has 0 aliphatic carbocycles. The number of carbonyl (C=O) groups excluding carboxylic acids is 1. The molecule has 0 aliphatic rings. The number of pyridine rings is 1. The summed E-state index contributed by atoms with van der Waals surface area (Å²) in [6.45, 7) is 0.324. The first-order chi connectivity index (χ1) is 9.22. The van der Waals surface area contributed by atoms with E-state index in [1.54, 1.807) is 7.11 Å². The van der Waals surface area contributed by atoms with E-state index in [2.05, 4.69) is 10.3 Å². The summed E-state index contributed by atoms with van der Waals surface area (Å²) in [6.07, 6.45) is 2.69. The summed E-state index contributed by atoms with van der Waals surface area (Å²) in [5, 5.41) is 12.3. The van der Waals surface area contributed by atoms with Crippen molar-refractivity contribution in [1.29, 1.82) is 0 Å². The van der Waals surface area contributed by atoms with Crippen LogP contribution in [0.1, 0.15) is 15.9 Å². The molecular weight excluding hydrogens is 244 g/mol. The number of hydrogen-bond acceptors (Lipinski definition) is 4. The van der Waals surface area contributed by atoms with Crippen molar-refractivity contribution in [2.24, 2.45) is 0 Å². The molecule has 1 heterocycles. The average Bonchev–Trinajstić information content (AvgIpc) is 2.45. The van der Waals surface area contributed by atoms with Gasteiger partial charge in [0.15, 0.2) is 0 Å². The number of ether oxygens (including phenoxy) is 1. The molecule has 5 nitrogen and oxygen atoms in total. The molecule has 2 aromatic rings. The Hall–Kier alpha value is -2.56. The molecule has 1 amide bonds. The van der Waals surface area contributed by atoms with E-state index in [1.165, 1.54) is 18.5 Å². The first-order valence-electron chi connectivity index (χ1n) is 5.75. The van der Waals surface area contributed by atoms with E-state index in [4.69, 9.17) is 4.74 Å². The number of benzene rings is 1. The quantitative estimate of drug-likeness (QED) is 0.876. The third kappa shape index (κ3) is 3.01. The normalized spacial score (nSPS) is 9.95. The van der Waals surface area contributed by atoms with Crippen LogP contribution in [-0.2, 0) is 6.54 Å². The molecule has 1 aromatic heterocycles. The maximum absolute atomic E-state index is 11.9. The monoisotopic (exact) mass is 258 g/mol. The third-order valence-corrected chi connectivity index (χ3v) is 2.68. The number of aromatic hydroxyl groups is 1. The van der Waals surface area contributed by atoms with Gasteiger partial charge in [-0.15, -0.1) is 0 Å². The van der Waals surface area contributed by atoms with Gasteiger partial charge in [0.05, 0.1) is 18.9 Å². The minimum atomic E-state index is -0.356. The number of aromatic nitrogens is 1. The fourth-order valence-corrected chi connectivity index (χ4v) is 1.70. The van der Waals surface area contributed by atoms with Crippen molar-refractivity contribution in [3.63, 3.8) is 0 Å². The summed E-state index contributed by atoms with van der Waals surface area (Å²) in [5.74, 6) is 0.215. The second-order valence-corrected chi connectivity index (χ2v) is 3.89. The van der Waals surface area contributed by atoms with E-state index in [1.807, 2.05) is 24.3 Å². The van der Waals surface area contributed by atoms with E-state index in [0.29, 0.717) is 12.3 Å². The summed E-state index contributed by atoms with van der Waals surface area (Å²) < 4.78 is 5.20. The smallest absolute Gasteiger partial charge is 0.255 e. The van der Waals surface area contributed by atoms with Crippen LogP contribution in [0.5, 0.6) is 11.5 Å². The van der Waals surface area contributed by atoms with E-state index in [9.17, 15) is 9.90 Å². The lowest BCUT2D eigenvalue weighted by molar-refractivity contribution is 0.0948. The number of methoxy groups -OCH3 is 1. The number of amides is 1.